The molecule has 0 fully saturated rings. The standard InChI is InChI=1S/C9H14O2/c1-3-5-6-8(4-2)7-9(10)11/h3-5,8H,2,6-7H2,1H3,(H,10,11)/b5-3+/t8-/m1/s1. The Morgan fingerprint density at radius 1 is 1.73 bits per heavy atom. The molecule has 62 valence electrons. The molecule has 0 saturated heterocycles. The SMILES string of the molecule is C=C[C@H](C/C=C/C)CC(=O)O. The fourth-order valence-electron chi connectivity index (χ4n) is 0.798. The molecule has 1 atom stereocenters. The monoisotopic (exact) mass is 154 g/mol. The van der Waals surface area contributed by atoms with E-state index in [4.69, 9.17) is 5.11 Å². The molecule has 0 aliphatic rings. The van der Waals surface area contributed by atoms with Crippen molar-refractivity contribution in [3.63, 3.8) is 0 Å². The highest BCUT2D eigenvalue weighted by atomic mass is 16.4. The zero-order chi connectivity index (χ0) is 8.69. The lowest BCUT2D eigenvalue weighted by atomic mass is 10.0. The van der Waals surface area contributed by atoms with E-state index < -0.39 is 5.97 Å². The number of carboxylic acid groups (broad SMARTS) is 1. The van der Waals surface area contributed by atoms with E-state index in [9.17, 15) is 4.79 Å². The fourth-order valence-corrected chi connectivity index (χ4v) is 0.798. The van der Waals surface area contributed by atoms with E-state index in [1.807, 2.05) is 19.1 Å². The third kappa shape index (κ3) is 5.40. The van der Waals surface area contributed by atoms with Gasteiger partial charge in [-0.3, -0.25) is 4.79 Å². The van der Waals surface area contributed by atoms with E-state index in [-0.39, 0.29) is 12.3 Å². The van der Waals surface area contributed by atoms with Gasteiger partial charge in [-0.1, -0.05) is 18.2 Å². The highest BCUT2D eigenvalue weighted by Gasteiger charge is 2.06. The Kier molecular flexibility index (Phi) is 5.17. The molecule has 0 radical (unpaired) electrons. The van der Waals surface area contributed by atoms with E-state index in [1.165, 1.54) is 0 Å². The van der Waals surface area contributed by atoms with Crippen LogP contribution in [0.3, 0.4) is 0 Å². The lowest BCUT2D eigenvalue weighted by Crippen LogP contribution is -2.03. The number of carboxylic acids is 1. The van der Waals surface area contributed by atoms with Crippen LogP contribution in [-0.4, -0.2) is 11.1 Å². The van der Waals surface area contributed by atoms with Crippen molar-refractivity contribution in [3.05, 3.63) is 24.8 Å². The molecule has 11 heavy (non-hydrogen) atoms. The average Bonchev–Trinajstić information content (AvgIpc) is 1.97. The summed E-state index contributed by atoms with van der Waals surface area (Å²) >= 11 is 0. The van der Waals surface area contributed by atoms with Crippen LogP contribution in [0, 0.1) is 5.92 Å². The lowest BCUT2D eigenvalue weighted by molar-refractivity contribution is -0.137. The molecule has 0 rings (SSSR count). The Morgan fingerprint density at radius 3 is 2.73 bits per heavy atom. The largest absolute Gasteiger partial charge is 0.481 e. The van der Waals surface area contributed by atoms with Crippen molar-refractivity contribution in [2.45, 2.75) is 19.8 Å². The minimum absolute atomic E-state index is 0.0729. The summed E-state index contributed by atoms with van der Waals surface area (Å²) in [4.78, 5) is 10.3. The third-order valence-electron chi connectivity index (χ3n) is 1.44. The highest BCUT2D eigenvalue weighted by molar-refractivity contribution is 5.67. The van der Waals surface area contributed by atoms with E-state index >= 15 is 0 Å². The van der Waals surface area contributed by atoms with Gasteiger partial charge in [0.1, 0.15) is 0 Å². The second kappa shape index (κ2) is 5.71. The molecule has 2 heteroatoms. The summed E-state index contributed by atoms with van der Waals surface area (Å²) in [5.41, 5.74) is 0. The molecule has 0 amide bonds. The van der Waals surface area contributed by atoms with Gasteiger partial charge in [0.05, 0.1) is 6.42 Å². The molecule has 0 aliphatic heterocycles. The van der Waals surface area contributed by atoms with E-state index in [0.29, 0.717) is 0 Å². The van der Waals surface area contributed by atoms with Crippen LogP contribution in [-0.2, 0) is 4.79 Å². The van der Waals surface area contributed by atoms with Crippen molar-refractivity contribution in [2.75, 3.05) is 0 Å². The summed E-state index contributed by atoms with van der Waals surface area (Å²) in [5, 5.41) is 8.44. The number of hydrogen-bond donors (Lipinski definition) is 1. The van der Waals surface area contributed by atoms with Crippen molar-refractivity contribution in [1.29, 1.82) is 0 Å². The van der Waals surface area contributed by atoms with Crippen LogP contribution in [0.25, 0.3) is 0 Å². The van der Waals surface area contributed by atoms with Crippen LogP contribution < -0.4 is 0 Å². The van der Waals surface area contributed by atoms with Crippen LogP contribution in [0.15, 0.2) is 24.8 Å². The first-order chi connectivity index (χ1) is 5.20. The molecular formula is C9H14O2. The van der Waals surface area contributed by atoms with Crippen LogP contribution in [0.1, 0.15) is 19.8 Å². The highest BCUT2D eigenvalue weighted by Crippen LogP contribution is 2.09. The maximum Gasteiger partial charge on any atom is 0.303 e. The topological polar surface area (TPSA) is 37.3 Å². The molecule has 0 aromatic carbocycles. The predicted octanol–water partition coefficient (Wildman–Crippen LogP) is 2.23. The Balaban J connectivity index is 3.75. The van der Waals surface area contributed by atoms with Gasteiger partial charge in [-0.15, -0.1) is 6.58 Å². The van der Waals surface area contributed by atoms with Gasteiger partial charge < -0.3 is 5.11 Å². The Morgan fingerprint density at radius 2 is 2.36 bits per heavy atom. The molecule has 1 N–H and O–H groups in total. The second-order valence-corrected chi connectivity index (χ2v) is 2.40. The molecule has 0 spiro atoms. The molecule has 0 aromatic rings. The van der Waals surface area contributed by atoms with E-state index in [1.54, 1.807) is 6.08 Å². The number of carbonyl (C=O) groups is 1. The summed E-state index contributed by atoms with van der Waals surface area (Å²) < 4.78 is 0. The van der Waals surface area contributed by atoms with Crippen LogP contribution in [0.4, 0.5) is 0 Å². The van der Waals surface area contributed by atoms with Crippen molar-refractivity contribution >= 4 is 5.97 Å². The molecule has 0 aromatic heterocycles. The summed E-state index contributed by atoms with van der Waals surface area (Å²) in [6.45, 7) is 5.49. The van der Waals surface area contributed by atoms with E-state index in [2.05, 4.69) is 6.58 Å². The minimum Gasteiger partial charge on any atom is -0.481 e. The number of rotatable bonds is 5. The first-order valence-corrected chi connectivity index (χ1v) is 3.66. The van der Waals surface area contributed by atoms with E-state index in [0.717, 1.165) is 6.42 Å². The predicted molar refractivity (Wildman–Crippen MR) is 45.4 cm³/mol. The summed E-state index contributed by atoms with van der Waals surface area (Å²) in [6, 6.07) is 0. The molecule has 0 heterocycles. The first kappa shape index (κ1) is 9.95. The molecule has 0 saturated carbocycles. The first-order valence-electron chi connectivity index (χ1n) is 3.66. The zero-order valence-electron chi connectivity index (χ0n) is 6.79. The maximum absolute atomic E-state index is 10.3. The number of allylic oxidation sites excluding steroid dienone is 3. The Labute approximate surface area is 67.2 Å². The van der Waals surface area contributed by atoms with Crippen LogP contribution >= 0.6 is 0 Å². The molecule has 0 unspecified atom stereocenters. The third-order valence-corrected chi connectivity index (χ3v) is 1.44. The molecular weight excluding hydrogens is 140 g/mol. The van der Waals surface area contributed by atoms with Crippen LogP contribution in [0.5, 0.6) is 0 Å². The van der Waals surface area contributed by atoms with Gasteiger partial charge in [-0.05, 0) is 19.3 Å². The van der Waals surface area contributed by atoms with Crippen LogP contribution in [0.2, 0.25) is 0 Å². The Hall–Kier alpha value is -1.05. The van der Waals surface area contributed by atoms with Gasteiger partial charge in [0.25, 0.3) is 0 Å². The molecule has 2 nitrogen and oxygen atoms in total. The molecule has 0 aliphatic carbocycles. The minimum atomic E-state index is -0.764. The fraction of sp³-hybridized carbons (Fsp3) is 0.444. The lowest BCUT2D eigenvalue weighted by Gasteiger charge is -2.04. The van der Waals surface area contributed by atoms with Gasteiger partial charge >= 0.3 is 5.97 Å². The zero-order valence-corrected chi connectivity index (χ0v) is 6.79. The summed E-state index contributed by atoms with van der Waals surface area (Å²) in [5.74, 6) is -0.692. The average molecular weight is 154 g/mol. The van der Waals surface area contributed by atoms with Gasteiger partial charge in [-0.2, -0.15) is 0 Å². The smallest absolute Gasteiger partial charge is 0.303 e. The molecule has 0 bridgehead atoms. The van der Waals surface area contributed by atoms with Gasteiger partial charge in [0.2, 0.25) is 0 Å². The summed E-state index contributed by atoms with van der Waals surface area (Å²) in [6.07, 6.45) is 6.50. The van der Waals surface area contributed by atoms with Crippen molar-refractivity contribution in [1.82, 2.24) is 0 Å². The van der Waals surface area contributed by atoms with Gasteiger partial charge in [0.15, 0.2) is 0 Å². The normalized spacial score (nSPS) is 13.2. The second-order valence-electron chi connectivity index (χ2n) is 2.40. The van der Waals surface area contributed by atoms with Gasteiger partial charge in [-0.25, -0.2) is 0 Å². The maximum atomic E-state index is 10.3. The quantitative estimate of drug-likeness (QED) is 0.616. The van der Waals surface area contributed by atoms with Crippen molar-refractivity contribution in [3.8, 4) is 0 Å². The Bertz CT molecular complexity index is 159. The van der Waals surface area contributed by atoms with Crippen molar-refractivity contribution < 1.29 is 9.90 Å². The van der Waals surface area contributed by atoms with Crippen molar-refractivity contribution in [2.24, 2.45) is 5.92 Å². The van der Waals surface area contributed by atoms with Gasteiger partial charge in [0, 0.05) is 0 Å². The number of aliphatic carboxylic acids is 1. The number of hydrogen-bond acceptors (Lipinski definition) is 1. The summed E-state index contributed by atoms with van der Waals surface area (Å²) in [7, 11) is 0.